The molecule has 76 valence electrons. The normalized spacial score (nSPS) is 11.3. The van der Waals surface area contributed by atoms with Gasteiger partial charge in [-0.2, -0.15) is 4.98 Å². The molecule has 0 amide bonds. The molecular weight excluding hydrogens is 228 g/mol. The standard InChI is InChI=1S/C9H8N4S2/c1-13-9(10)11-8(12-13)7-4-6-5(15-7)2-3-14-6/h2-4H,1H3,(H2,10,11,12). The molecule has 6 heteroatoms. The molecule has 3 aromatic heterocycles. The van der Waals surface area contributed by atoms with Crippen molar-refractivity contribution in [2.75, 3.05) is 5.73 Å². The minimum Gasteiger partial charge on any atom is -0.368 e. The second kappa shape index (κ2) is 3.04. The average molecular weight is 236 g/mol. The molecule has 0 aliphatic heterocycles. The van der Waals surface area contributed by atoms with Crippen LogP contribution in [0.25, 0.3) is 20.1 Å². The minimum atomic E-state index is 0.446. The summed E-state index contributed by atoms with van der Waals surface area (Å²) in [7, 11) is 1.79. The zero-order chi connectivity index (χ0) is 10.4. The highest BCUT2D eigenvalue weighted by molar-refractivity contribution is 7.28. The highest BCUT2D eigenvalue weighted by Gasteiger charge is 2.10. The fourth-order valence-corrected chi connectivity index (χ4v) is 3.41. The Balaban J connectivity index is 2.17. The number of hydrogen-bond donors (Lipinski definition) is 1. The van der Waals surface area contributed by atoms with E-state index in [1.807, 2.05) is 0 Å². The maximum Gasteiger partial charge on any atom is 0.218 e. The number of fused-ring (bicyclic) bond motifs is 1. The topological polar surface area (TPSA) is 56.7 Å². The van der Waals surface area contributed by atoms with Gasteiger partial charge >= 0.3 is 0 Å². The quantitative estimate of drug-likeness (QED) is 0.705. The fraction of sp³-hybridized carbons (Fsp3) is 0.111. The van der Waals surface area contributed by atoms with Gasteiger partial charge in [-0.15, -0.1) is 27.8 Å². The van der Waals surface area contributed by atoms with Crippen molar-refractivity contribution in [3.63, 3.8) is 0 Å². The molecular formula is C9H8N4S2. The van der Waals surface area contributed by atoms with Gasteiger partial charge in [-0.25, -0.2) is 4.68 Å². The Morgan fingerprint density at radius 1 is 1.40 bits per heavy atom. The van der Waals surface area contributed by atoms with Crippen molar-refractivity contribution < 1.29 is 0 Å². The van der Waals surface area contributed by atoms with Crippen LogP contribution < -0.4 is 5.73 Å². The van der Waals surface area contributed by atoms with Gasteiger partial charge < -0.3 is 5.73 Å². The number of anilines is 1. The van der Waals surface area contributed by atoms with Crippen LogP contribution in [0.2, 0.25) is 0 Å². The fourth-order valence-electron chi connectivity index (χ4n) is 1.38. The number of rotatable bonds is 1. The number of aromatic nitrogens is 3. The maximum absolute atomic E-state index is 5.64. The monoisotopic (exact) mass is 236 g/mol. The van der Waals surface area contributed by atoms with Crippen molar-refractivity contribution in [1.82, 2.24) is 14.8 Å². The van der Waals surface area contributed by atoms with E-state index in [1.54, 1.807) is 34.4 Å². The van der Waals surface area contributed by atoms with Crippen molar-refractivity contribution in [3.8, 4) is 10.7 Å². The number of nitrogen functional groups attached to an aromatic ring is 1. The molecule has 0 aliphatic carbocycles. The second-order valence-corrected chi connectivity index (χ2v) is 5.21. The zero-order valence-electron chi connectivity index (χ0n) is 7.97. The molecule has 15 heavy (non-hydrogen) atoms. The molecule has 0 saturated carbocycles. The van der Waals surface area contributed by atoms with E-state index >= 15 is 0 Å². The van der Waals surface area contributed by atoms with Gasteiger partial charge in [0, 0.05) is 16.4 Å². The summed E-state index contributed by atoms with van der Waals surface area (Å²) in [6, 6.07) is 4.22. The number of hydrogen-bond acceptors (Lipinski definition) is 5. The van der Waals surface area contributed by atoms with Crippen molar-refractivity contribution in [1.29, 1.82) is 0 Å². The van der Waals surface area contributed by atoms with Gasteiger partial charge in [0.2, 0.25) is 5.95 Å². The highest BCUT2D eigenvalue weighted by Crippen LogP contribution is 2.34. The first-order valence-electron chi connectivity index (χ1n) is 4.38. The SMILES string of the molecule is Cn1nc(-c2cc3sccc3s2)nc1N. The summed E-state index contributed by atoms with van der Waals surface area (Å²) >= 11 is 3.43. The molecule has 0 spiro atoms. The molecule has 0 bridgehead atoms. The molecule has 0 atom stereocenters. The van der Waals surface area contributed by atoms with Crippen LogP contribution in [0.3, 0.4) is 0 Å². The van der Waals surface area contributed by atoms with Crippen LogP contribution in [-0.2, 0) is 7.05 Å². The molecule has 3 aromatic rings. The van der Waals surface area contributed by atoms with E-state index in [0.29, 0.717) is 11.8 Å². The van der Waals surface area contributed by atoms with Crippen molar-refractivity contribution in [2.24, 2.45) is 7.05 Å². The van der Waals surface area contributed by atoms with Gasteiger partial charge in [0.1, 0.15) is 0 Å². The molecule has 0 fully saturated rings. The highest BCUT2D eigenvalue weighted by atomic mass is 32.1. The lowest BCUT2D eigenvalue weighted by molar-refractivity contribution is 0.781. The van der Waals surface area contributed by atoms with Gasteiger partial charge in [0.25, 0.3) is 0 Å². The third kappa shape index (κ3) is 1.33. The van der Waals surface area contributed by atoms with Crippen LogP contribution in [0.1, 0.15) is 0 Å². The van der Waals surface area contributed by atoms with Crippen molar-refractivity contribution in [2.45, 2.75) is 0 Å². The Morgan fingerprint density at radius 2 is 2.27 bits per heavy atom. The first-order chi connectivity index (χ1) is 7.24. The summed E-state index contributed by atoms with van der Waals surface area (Å²) in [6.07, 6.45) is 0. The predicted octanol–water partition coefficient (Wildman–Crippen LogP) is 2.34. The summed E-state index contributed by atoms with van der Waals surface area (Å²) in [5.74, 6) is 1.16. The number of thiophene rings is 2. The van der Waals surface area contributed by atoms with Crippen LogP contribution in [0.5, 0.6) is 0 Å². The van der Waals surface area contributed by atoms with E-state index in [2.05, 4.69) is 27.6 Å². The molecule has 0 saturated heterocycles. The smallest absolute Gasteiger partial charge is 0.218 e. The molecule has 3 rings (SSSR count). The van der Waals surface area contributed by atoms with Crippen LogP contribution in [0.4, 0.5) is 5.95 Å². The Kier molecular flexibility index (Phi) is 1.80. The summed E-state index contributed by atoms with van der Waals surface area (Å²) in [4.78, 5) is 5.27. The van der Waals surface area contributed by atoms with Crippen molar-refractivity contribution in [3.05, 3.63) is 17.5 Å². The predicted molar refractivity (Wildman–Crippen MR) is 64.1 cm³/mol. The molecule has 0 unspecified atom stereocenters. The van der Waals surface area contributed by atoms with E-state index < -0.39 is 0 Å². The van der Waals surface area contributed by atoms with Gasteiger partial charge in [-0.1, -0.05) is 0 Å². The molecule has 0 aromatic carbocycles. The molecule has 3 heterocycles. The lowest BCUT2D eigenvalue weighted by atomic mass is 10.4. The van der Waals surface area contributed by atoms with Crippen LogP contribution in [0.15, 0.2) is 17.5 Å². The summed E-state index contributed by atoms with van der Waals surface area (Å²) < 4.78 is 4.14. The van der Waals surface area contributed by atoms with Crippen LogP contribution >= 0.6 is 22.7 Å². The first kappa shape index (κ1) is 8.87. The third-order valence-electron chi connectivity index (χ3n) is 2.16. The second-order valence-electron chi connectivity index (χ2n) is 3.18. The average Bonchev–Trinajstić information content (AvgIpc) is 2.80. The van der Waals surface area contributed by atoms with Gasteiger partial charge in [0.05, 0.1) is 4.88 Å². The van der Waals surface area contributed by atoms with E-state index in [9.17, 15) is 0 Å². The molecule has 4 nitrogen and oxygen atoms in total. The number of nitrogens with two attached hydrogens (primary N) is 1. The lowest BCUT2D eigenvalue weighted by Gasteiger charge is -1.85. The van der Waals surface area contributed by atoms with E-state index in [1.165, 1.54) is 9.40 Å². The Labute approximate surface area is 94.0 Å². The lowest BCUT2D eigenvalue weighted by Crippen LogP contribution is -1.97. The van der Waals surface area contributed by atoms with Crippen molar-refractivity contribution >= 4 is 38.0 Å². The van der Waals surface area contributed by atoms with Crippen LogP contribution in [0, 0.1) is 0 Å². The zero-order valence-corrected chi connectivity index (χ0v) is 9.60. The van der Waals surface area contributed by atoms with Gasteiger partial charge in [-0.05, 0) is 17.5 Å². The molecule has 0 radical (unpaired) electrons. The largest absolute Gasteiger partial charge is 0.368 e. The van der Waals surface area contributed by atoms with E-state index in [-0.39, 0.29) is 0 Å². The number of aryl methyl sites for hydroxylation is 1. The maximum atomic E-state index is 5.64. The summed E-state index contributed by atoms with van der Waals surface area (Å²) in [6.45, 7) is 0. The first-order valence-corrected chi connectivity index (χ1v) is 6.07. The summed E-state index contributed by atoms with van der Waals surface area (Å²) in [5.41, 5.74) is 5.64. The van der Waals surface area contributed by atoms with Gasteiger partial charge in [-0.3, -0.25) is 0 Å². The third-order valence-corrected chi connectivity index (χ3v) is 4.25. The number of nitrogens with zero attached hydrogens (tertiary/aromatic N) is 3. The Morgan fingerprint density at radius 3 is 2.93 bits per heavy atom. The minimum absolute atomic E-state index is 0.446. The molecule has 0 aliphatic rings. The summed E-state index contributed by atoms with van der Waals surface area (Å²) in [5, 5.41) is 6.34. The Bertz CT molecular complexity index is 571. The van der Waals surface area contributed by atoms with Crippen LogP contribution in [-0.4, -0.2) is 14.8 Å². The van der Waals surface area contributed by atoms with E-state index in [4.69, 9.17) is 5.73 Å². The Hall–Kier alpha value is -1.40. The molecule has 2 N–H and O–H groups in total. The van der Waals surface area contributed by atoms with Gasteiger partial charge in [0.15, 0.2) is 5.82 Å². The van der Waals surface area contributed by atoms with E-state index in [0.717, 1.165) is 4.88 Å².